The number of hydrogen-bond acceptors (Lipinski definition) is 3. The Bertz CT molecular complexity index is 162. The summed E-state index contributed by atoms with van der Waals surface area (Å²) in [4.78, 5) is 0. The van der Waals surface area contributed by atoms with E-state index in [-0.39, 0.29) is 0 Å². The van der Waals surface area contributed by atoms with Crippen LogP contribution in [0.1, 0.15) is 25.7 Å². The highest BCUT2D eigenvalue weighted by molar-refractivity contribution is 7.80. The van der Waals surface area contributed by atoms with E-state index < -0.39 is 0 Å². The van der Waals surface area contributed by atoms with Crippen LogP contribution in [0.3, 0.4) is 0 Å². The number of thiol groups is 1. The van der Waals surface area contributed by atoms with Crippen molar-refractivity contribution in [1.82, 2.24) is 0 Å². The molecule has 0 bridgehead atoms. The Morgan fingerprint density at radius 2 is 2.00 bits per heavy atom. The summed E-state index contributed by atoms with van der Waals surface area (Å²) in [6.45, 7) is 2.48. The van der Waals surface area contributed by atoms with Gasteiger partial charge in [-0.05, 0) is 18.6 Å². The summed E-state index contributed by atoms with van der Waals surface area (Å²) in [6.07, 6.45) is 5.67. The van der Waals surface area contributed by atoms with Gasteiger partial charge < -0.3 is 9.47 Å². The van der Waals surface area contributed by atoms with Crippen molar-refractivity contribution in [2.75, 3.05) is 25.6 Å². The summed E-state index contributed by atoms with van der Waals surface area (Å²) in [5.74, 6) is 0.973. The fourth-order valence-electron chi connectivity index (χ4n) is 2.08. The molecule has 0 amide bonds. The van der Waals surface area contributed by atoms with E-state index in [1.165, 1.54) is 25.7 Å². The maximum absolute atomic E-state index is 5.78. The van der Waals surface area contributed by atoms with Crippen LogP contribution in [0, 0.1) is 5.41 Å². The highest BCUT2D eigenvalue weighted by Crippen LogP contribution is 2.39. The largest absolute Gasteiger partial charge is 0.376 e. The van der Waals surface area contributed by atoms with Gasteiger partial charge in [0.05, 0.1) is 19.8 Å². The molecule has 0 aromatic rings. The van der Waals surface area contributed by atoms with Crippen LogP contribution in [-0.2, 0) is 9.47 Å². The lowest BCUT2D eigenvalue weighted by molar-refractivity contribution is -0.143. The van der Waals surface area contributed by atoms with Crippen LogP contribution >= 0.6 is 12.6 Å². The van der Waals surface area contributed by atoms with Crippen molar-refractivity contribution in [2.24, 2.45) is 5.41 Å². The van der Waals surface area contributed by atoms with E-state index in [0.29, 0.717) is 11.5 Å². The molecule has 76 valence electrons. The Kier molecular flexibility index (Phi) is 3.17. The van der Waals surface area contributed by atoms with E-state index in [2.05, 4.69) is 12.6 Å². The summed E-state index contributed by atoms with van der Waals surface area (Å²) < 4.78 is 10.9. The molecule has 0 atom stereocenters. The van der Waals surface area contributed by atoms with Gasteiger partial charge in [0, 0.05) is 5.41 Å². The van der Waals surface area contributed by atoms with Gasteiger partial charge in [0.1, 0.15) is 6.10 Å². The van der Waals surface area contributed by atoms with Crippen LogP contribution in [0.15, 0.2) is 0 Å². The Hall–Kier alpha value is 0.270. The standard InChI is InChI=1S/C10H18O2S/c13-8-10(3-1-2-4-10)7-12-9-5-11-6-9/h9,13H,1-8H2. The summed E-state index contributed by atoms with van der Waals surface area (Å²) in [7, 11) is 0. The Morgan fingerprint density at radius 1 is 1.31 bits per heavy atom. The molecule has 0 spiro atoms. The third-order valence-corrected chi connectivity index (χ3v) is 3.90. The third-order valence-electron chi connectivity index (χ3n) is 3.23. The molecule has 1 aliphatic carbocycles. The first-order valence-corrected chi connectivity index (χ1v) is 5.78. The average Bonchev–Trinajstić information content (AvgIpc) is 2.51. The molecule has 2 fully saturated rings. The molecule has 13 heavy (non-hydrogen) atoms. The molecular weight excluding hydrogens is 184 g/mol. The molecule has 2 rings (SSSR count). The third kappa shape index (κ3) is 2.20. The van der Waals surface area contributed by atoms with Crippen LogP contribution in [0.5, 0.6) is 0 Å². The molecule has 1 heterocycles. The minimum absolute atomic E-state index is 0.373. The van der Waals surface area contributed by atoms with E-state index >= 15 is 0 Å². The SMILES string of the molecule is SCC1(COC2COC2)CCCC1. The molecule has 3 heteroatoms. The first-order valence-electron chi connectivity index (χ1n) is 5.15. The topological polar surface area (TPSA) is 18.5 Å². The second kappa shape index (κ2) is 4.20. The van der Waals surface area contributed by atoms with Gasteiger partial charge in [-0.1, -0.05) is 12.8 Å². The number of hydrogen-bond donors (Lipinski definition) is 1. The van der Waals surface area contributed by atoms with Gasteiger partial charge in [-0.2, -0.15) is 12.6 Å². The highest BCUT2D eigenvalue weighted by atomic mass is 32.1. The maximum Gasteiger partial charge on any atom is 0.104 e. The van der Waals surface area contributed by atoms with E-state index in [4.69, 9.17) is 9.47 Å². The average molecular weight is 202 g/mol. The zero-order valence-corrected chi connectivity index (χ0v) is 8.89. The van der Waals surface area contributed by atoms with Gasteiger partial charge in [0.2, 0.25) is 0 Å². The summed E-state index contributed by atoms with van der Waals surface area (Å²) in [6, 6.07) is 0. The lowest BCUT2D eigenvalue weighted by atomic mass is 9.90. The zero-order chi connectivity index (χ0) is 9.15. The lowest BCUT2D eigenvalue weighted by Gasteiger charge is -2.32. The quantitative estimate of drug-likeness (QED) is 0.702. The van der Waals surface area contributed by atoms with Gasteiger partial charge >= 0.3 is 0 Å². The molecule has 2 nitrogen and oxygen atoms in total. The molecule has 1 aliphatic heterocycles. The van der Waals surface area contributed by atoms with Crippen molar-refractivity contribution in [2.45, 2.75) is 31.8 Å². The van der Waals surface area contributed by atoms with Crippen LogP contribution in [0.25, 0.3) is 0 Å². The number of rotatable bonds is 4. The first kappa shape index (κ1) is 9.81. The molecular formula is C10H18O2S. The fraction of sp³-hybridized carbons (Fsp3) is 1.00. The molecule has 0 aromatic heterocycles. The molecule has 0 unspecified atom stereocenters. The fourth-order valence-corrected chi connectivity index (χ4v) is 2.49. The molecule has 0 aromatic carbocycles. The van der Waals surface area contributed by atoms with Crippen molar-refractivity contribution >= 4 is 12.6 Å². The maximum atomic E-state index is 5.78. The number of ether oxygens (including phenoxy) is 2. The normalized spacial score (nSPS) is 27.5. The first-order chi connectivity index (χ1) is 6.35. The Balaban J connectivity index is 1.75. The summed E-state index contributed by atoms with van der Waals surface area (Å²) in [5.41, 5.74) is 0.388. The summed E-state index contributed by atoms with van der Waals surface area (Å²) >= 11 is 4.44. The predicted molar refractivity (Wildman–Crippen MR) is 55.3 cm³/mol. The van der Waals surface area contributed by atoms with Crippen molar-refractivity contribution in [3.8, 4) is 0 Å². The second-order valence-corrected chi connectivity index (χ2v) is 4.65. The molecule has 0 radical (unpaired) electrons. The van der Waals surface area contributed by atoms with Crippen molar-refractivity contribution in [1.29, 1.82) is 0 Å². The Labute approximate surface area is 85.4 Å². The minimum atomic E-state index is 0.373. The lowest BCUT2D eigenvalue weighted by Crippen LogP contribution is -2.39. The Morgan fingerprint density at radius 3 is 2.46 bits per heavy atom. The van der Waals surface area contributed by atoms with Crippen LogP contribution < -0.4 is 0 Å². The van der Waals surface area contributed by atoms with Gasteiger partial charge in [-0.25, -0.2) is 0 Å². The van der Waals surface area contributed by atoms with Gasteiger partial charge in [0.15, 0.2) is 0 Å². The van der Waals surface area contributed by atoms with E-state index in [9.17, 15) is 0 Å². The molecule has 0 N–H and O–H groups in total. The van der Waals surface area contributed by atoms with Crippen molar-refractivity contribution in [3.05, 3.63) is 0 Å². The van der Waals surface area contributed by atoms with Crippen LogP contribution in [0.4, 0.5) is 0 Å². The van der Waals surface area contributed by atoms with Crippen molar-refractivity contribution in [3.63, 3.8) is 0 Å². The summed E-state index contributed by atoms with van der Waals surface area (Å²) in [5, 5.41) is 0. The second-order valence-electron chi connectivity index (χ2n) is 4.34. The predicted octanol–water partition coefficient (Wildman–Crippen LogP) is 1.89. The zero-order valence-electron chi connectivity index (χ0n) is 8.00. The van der Waals surface area contributed by atoms with Gasteiger partial charge in [-0.15, -0.1) is 0 Å². The molecule has 1 saturated carbocycles. The molecule has 1 saturated heterocycles. The van der Waals surface area contributed by atoms with Gasteiger partial charge in [0.25, 0.3) is 0 Å². The monoisotopic (exact) mass is 202 g/mol. The van der Waals surface area contributed by atoms with Crippen molar-refractivity contribution < 1.29 is 9.47 Å². The highest BCUT2D eigenvalue weighted by Gasteiger charge is 2.34. The van der Waals surface area contributed by atoms with E-state index in [1.807, 2.05) is 0 Å². The van der Waals surface area contributed by atoms with Crippen LogP contribution in [-0.4, -0.2) is 31.7 Å². The van der Waals surface area contributed by atoms with E-state index in [0.717, 1.165) is 25.6 Å². The van der Waals surface area contributed by atoms with Gasteiger partial charge in [-0.3, -0.25) is 0 Å². The minimum Gasteiger partial charge on any atom is -0.376 e. The molecule has 2 aliphatic rings. The van der Waals surface area contributed by atoms with E-state index in [1.54, 1.807) is 0 Å². The van der Waals surface area contributed by atoms with Crippen LogP contribution in [0.2, 0.25) is 0 Å². The smallest absolute Gasteiger partial charge is 0.104 e.